The maximum Gasteiger partial charge on any atom is 0.0627 e. The molecule has 3 atom stereocenters. The molecule has 98 valence electrons. The smallest absolute Gasteiger partial charge is 0.0627 e. The quantitative estimate of drug-likeness (QED) is 0.863. The van der Waals surface area contributed by atoms with Gasteiger partial charge in [-0.1, -0.05) is 18.6 Å². The summed E-state index contributed by atoms with van der Waals surface area (Å²) in [7, 11) is 0. The fraction of sp³-hybridized carbons (Fsp3) is 0.533. The summed E-state index contributed by atoms with van der Waals surface area (Å²) in [6.07, 6.45) is 6.57. The minimum absolute atomic E-state index is 0.287. The Morgan fingerprint density at radius 2 is 2.28 bits per heavy atom. The zero-order valence-electron chi connectivity index (χ0n) is 10.9. The lowest BCUT2D eigenvalue weighted by atomic mass is 9.79. The fourth-order valence-electron chi connectivity index (χ4n) is 2.80. The molecule has 1 heterocycles. The summed E-state index contributed by atoms with van der Waals surface area (Å²) in [4.78, 5) is 4.33. The van der Waals surface area contributed by atoms with Crippen molar-refractivity contribution in [1.29, 1.82) is 0 Å². The Morgan fingerprint density at radius 1 is 1.50 bits per heavy atom. The van der Waals surface area contributed by atoms with E-state index in [1.807, 2.05) is 12.1 Å². The van der Waals surface area contributed by atoms with E-state index in [9.17, 15) is 5.11 Å². The fourth-order valence-corrected chi connectivity index (χ4v) is 3.03. The van der Waals surface area contributed by atoms with Gasteiger partial charge in [-0.25, -0.2) is 0 Å². The molecule has 1 aromatic heterocycles. The van der Waals surface area contributed by atoms with Gasteiger partial charge in [0, 0.05) is 22.8 Å². The summed E-state index contributed by atoms with van der Waals surface area (Å²) >= 11 is 3.37. The van der Waals surface area contributed by atoms with Crippen LogP contribution in [-0.4, -0.2) is 16.2 Å². The SMILES string of the molecule is CC1=CC(C)CC(C(O)Cc2ccc(Br)cn2)C1. The third kappa shape index (κ3) is 3.66. The highest BCUT2D eigenvalue weighted by Crippen LogP contribution is 2.31. The van der Waals surface area contributed by atoms with Gasteiger partial charge in [0.25, 0.3) is 0 Å². The van der Waals surface area contributed by atoms with E-state index in [-0.39, 0.29) is 6.10 Å². The van der Waals surface area contributed by atoms with E-state index >= 15 is 0 Å². The van der Waals surface area contributed by atoms with Gasteiger partial charge < -0.3 is 5.11 Å². The van der Waals surface area contributed by atoms with Gasteiger partial charge in [0.05, 0.1) is 6.10 Å². The Kier molecular flexibility index (Phi) is 4.57. The number of aliphatic hydroxyl groups is 1. The number of aliphatic hydroxyl groups excluding tert-OH is 1. The molecule has 1 aliphatic carbocycles. The maximum absolute atomic E-state index is 10.4. The molecule has 0 radical (unpaired) electrons. The molecule has 2 nitrogen and oxygen atoms in total. The first-order valence-corrected chi connectivity index (χ1v) is 7.29. The predicted molar refractivity (Wildman–Crippen MR) is 77.3 cm³/mol. The number of nitrogens with zero attached hydrogens (tertiary/aromatic N) is 1. The Balaban J connectivity index is 1.98. The minimum Gasteiger partial charge on any atom is -0.392 e. The second-order valence-corrected chi connectivity index (χ2v) is 6.35. The standard InChI is InChI=1S/C15H20BrNO/c1-10-5-11(2)7-12(6-10)15(18)8-14-4-3-13(16)9-17-14/h3-5,9-10,12,15,18H,6-8H2,1-2H3. The van der Waals surface area contributed by atoms with Crippen molar-refractivity contribution < 1.29 is 5.11 Å². The van der Waals surface area contributed by atoms with E-state index < -0.39 is 0 Å². The minimum atomic E-state index is -0.287. The zero-order chi connectivity index (χ0) is 13.1. The van der Waals surface area contributed by atoms with Crippen molar-refractivity contribution in [3.05, 3.63) is 40.1 Å². The second-order valence-electron chi connectivity index (χ2n) is 5.43. The molecule has 3 heteroatoms. The molecule has 0 spiro atoms. The van der Waals surface area contributed by atoms with E-state index in [1.54, 1.807) is 6.20 Å². The number of allylic oxidation sites excluding steroid dienone is 2. The van der Waals surface area contributed by atoms with Gasteiger partial charge in [0.2, 0.25) is 0 Å². The molecule has 0 fully saturated rings. The summed E-state index contributed by atoms with van der Waals surface area (Å²) < 4.78 is 0.978. The van der Waals surface area contributed by atoms with Crippen LogP contribution in [0, 0.1) is 11.8 Å². The Hall–Kier alpha value is -0.670. The topological polar surface area (TPSA) is 33.1 Å². The largest absolute Gasteiger partial charge is 0.392 e. The lowest BCUT2D eigenvalue weighted by Crippen LogP contribution is -2.27. The molecule has 3 unspecified atom stereocenters. The monoisotopic (exact) mass is 309 g/mol. The maximum atomic E-state index is 10.4. The van der Waals surface area contributed by atoms with E-state index in [2.05, 4.69) is 40.8 Å². The number of halogens is 1. The van der Waals surface area contributed by atoms with Crippen LogP contribution in [0.5, 0.6) is 0 Å². The van der Waals surface area contributed by atoms with E-state index in [0.29, 0.717) is 18.3 Å². The summed E-state index contributed by atoms with van der Waals surface area (Å²) in [5.41, 5.74) is 2.37. The highest BCUT2D eigenvalue weighted by molar-refractivity contribution is 9.10. The lowest BCUT2D eigenvalue weighted by molar-refractivity contribution is 0.0923. The van der Waals surface area contributed by atoms with Crippen molar-refractivity contribution >= 4 is 15.9 Å². The van der Waals surface area contributed by atoms with Crippen molar-refractivity contribution in [1.82, 2.24) is 4.98 Å². The van der Waals surface area contributed by atoms with Crippen LogP contribution in [-0.2, 0) is 6.42 Å². The summed E-state index contributed by atoms with van der Waals surface area (Å²) in [5.74, 6) is 0.951. The van der Waals surface area contributed by atoms with Crippen molar-refractivity contribution in [2.75, 3.05) is 0 Å². The molecule has 0 aliphatic heterocycles. The molecule has 0 bridgehead atoms. The molecule has 1 aliphatic rings. The molecule has 0 aromatic carbocycles. The van der Waals surface area contributed by atoms with Crippen LogP contribution in [0.1, 0.15) is 32.4 Å². The molecule has 0 saturated carbocycles. The van der Waals surface area contributed by atoms with E-state index in [4.69, 9.17) is 0 Å². The van der Waals surface area contributed by atoms with E-state index in [0.717, 1.165) is 23.0 Å². The third-order valence-corrected chi connectivity index (χ3v) is 4.05. The number of rotatable bonds is 3. The first-order valence-electron chi connectivity index (χ1n) is 6.50. The van der Waals surface area contributed by atoms with Crippen molar-refractivity contribution in [2.24, 2.45) is 11.8 Å². The molecular weight excluding hydrogens is 290 g/mol. The molecular formula is C15H20BrNO. The number of aromatic nitrogens is 1. The normalized spacial score (nSPS) is 25.7. The highest BCUT2D eigenvalue weighted by atomic mass is 79.9. The van der Waals surface area contributed by atoms with Gasteiger partial charge in [-0.3, -0.25) is 4.98 Å². The molecule has 2 rings (SSSR count). The van der Waals surface area contributed by atoms with Gasteiger partial charge >= 0.3 is 0 Å². The average Bonchev–Trinajstić information content (AvgIpc) is 2.31. The van der Waals surface area contributed by atoms with Gasteiger partial charge in [0.1, 0.15) is 0 Å². The highest BCUT2D eigenvalue weighted by Gasteiger charge is 2.25. The first kappa shape index (κ1) is 13.8. The molecule has 1 N–H and O–H groups in total. The van der Waals surface area contributed by atoms with E-state index in [1.165, 1.54) is 5.57 Å². The van der Waals surface area contributed by atoms with Crippen LogP contribution in [0.25, 0.3) is 0 Å². The van der Waals surface area contributed by atoms with Crippen LogP contribution in [0.3, 0.4) is 0 Å². The summed E-state index contributed by atoms with van der Waals surface area (Å²) in [5, 5.41) is 10.4. The predicted octanol–water partition coefficient (Wildman–Crippen LogP) is 3.74. The van der Waals surface area contributed by atoms with Crippen molar-refractivity contribution in [2.45, 2.75) is 39.2 Å². The Morgan fingerprint density at radius 3 is 2.89 bits per heavy atom. The van der Waals surface area contributed by atoms with Gasteiger partial charge in [-0.2, -0.15) is 0 Å². The van der Waals surface area contributed by atoms with Crippen LogP contribution in [0.2, 0.25) is 0 Å². The summed E-state index contributed by atoms with van der Waals surface area (Å²) in [6.45, 7) is 4.38. The summed E-state index contributed by atoms with van der Waals surface area (Å²) in [6, 6.07) is 3.95. The number of hydrogen-bond acceptors (Lipinski definition) is 2. The van der Waals surface area contributed by atoms with Crippen LogP contribution in [0.15, 0.2) is 34.5 Å². The van der Waals surface area contributed by atoms with Gasteiger partial charge in [-0.05, 0) is 59.7 Å². The molecule has 18 heavy (non-hydrogen) atoms. The Labute approximate surface area is 117 Å². The average molecular weight is 310 g/mol. The van der Waals surface area contributed by atoms with Crippen molar-refractivity contribution in [3.8, 4) is 0 Å². The third-order valence-electron chi connectivity index (χ3n) is 3.58. The molecule has 0 saturated heterocycles. The lowest BCUT2D eigenvalue weighted by Gasteiger charge is -2.29. The van der Waals surface area contributed by atoms with Crippen LogP contribution in [0.4, 0.5) is 0 Å². The zero-order valence-corrected chi connectivity index (χ0v) is 12.5. The van der Waals surface area contributed by atoms with Crippen molar-refractivity contribution in [3.63, 3.8) is 0 Å². The molecule has 0 amide bonds. The molecule has 1 aromatic rings. The van der Waals surface area contributed by atoms with Gasteiger partial charge in [0.15, 0.2) is 0 Å². The first-order chi connectivity index (χ1) is 8.54. The number of hydrogen-bond donors (Lipinski definition) is 1. The van der Waals surface area contributed by atoms with Crippen LogP contribution >= 0.6 is 15.9 Å². The van der Waals surface area contributed by atoms with Crippen LogP contribution < -0.4 is 0 Å². The second kappa shape index (κ2) is 5.98. The Bertz CT molecular complexity index is 427. The van der Waals surface area contributed by atoms with Gasteiger partial charge in [-0.15, -0.1) is 0 Å². The number of pyridine rings is 1.